The van der Waals surface area contributed by atoms with Gasteiger partial charge < -0.3 is 10.2 Å². The van der Waals surface area contributed by atoms with Crippen LogP contribution in [0, 0.1) is 0 Å². The highest BCUT2D eigenvalue weighted by Crippen LogP contribution is 2.41. The molecule has 0 unspecified atom stereocenters. The van der Waals surface area contributed by atoms with Gasteiger partial charge >= 0.3 is 0 Å². The minimum absolute atomic E-state index is 0.0793. The van der Waals surface area contributed by atoms with E-state index in [0.717, 1.165) is 35.6 Å². The quantitative estimate of drug-likeness (QED) is 0.166. The molecule has 1 aliphatic rings. The maximum Gasteiger partial charge on any atom is 0.261 e. The van der Waals surface area contributed by atoms with E-state index in [1.54, 1.807) is 48.5 Å². The monoisotopic (exact) mass is 477 g/mol. The first-order valence-electron chi connectivity index (χ1n) is 10.7. The first-order valence-corrected chi connectivity index (χ1v) is 13.2. The molecule has 4 aromatic carbocycles. The number of phenolic OH excluding ortho intramolecular Hbond substituents is 1. The van der Waals surface area contributed by atoms with Crippen LogP contribution in [0.5, 0.6) is 5.75 Å². The van der Waals surface area contributed by atoms with E-state index in [0.29, 0.717) is 32.9 Å². The Hall–Kier alpha value is -3.16. The zero-order valence-corrected chi connectivity index (χ0v) is 19.4. The number of hydrogen-bond acceptors (Lipinski definition) is 5. The second-order valence-electron chi connectivity index (χ2n) is 8.12. The van der Waals surface area contributed by atoms with E-state index in [4.69, 9.17) is 0 Å². The number of fused-ring (bicyclic) bond motifs is 2. The van der Waals surface area contributed by atoms with Crippen LogP contribution in [0.4, 0.5) is 5.69 Å². The van der Waals surface area contributed by atoms with Gasteiger partial charge in [0.2, 0.25) is 0 Å². The van der Waals surface area contributed by atoms with Crippen LogP contribution in [-0.4, -0.2) is 24.4 Å². The van der Waals surface area contributed by atoms with Gasteiger partial charge in [0.15, 0.2) is 0 Å². The lowest BCUT2D eigenvalue weighted by Gasteiger charge is -2.19. The van der Waals surface area contributed by atoms with Gasteiger partial charge in [0.25, 0.3) is 10.0 Å². The average molecular weight is 478 g/mol. The van der Waals surface area contributed by atoms with Crippen molar-refractivity contribution in [1.82, 2.24) is 0 Å². The Labute approximate surface area is 196 Å². The lowest BCUT2D eigenvalue weighted by atomic mass is 9.92. The molecular weight excluding hydrogens is 454 g/mol. The van der Waals surface area contributed by atoms with Crippen LogP contribution < -0.4 is 4.72 Å². The van der Waals surface area contributed by atoms with Crippen molar-refractivity contribution in [3.8, 4) is 5.75 Å². The summed E-state index contributed by atoms with van der Waals surface area (Å²) < 4.78 is 29.2. The number of sulfonamides is 1. The third-order valence-corrected chi connectivity index (χ3v) is 8.39. The molecule has 168 valence electrons. The second-order valence-corrected chi connectivity index (χ2v) is 10.8. The Kier molecular flexibility index (Phi) is 5.68. The third kappa shape index (κ3) is 4.26. The van der Waals surface area contributed by atoms with Gasteiger partial charge in [-0.3, -0.25) is 4.72 Å². The fraction of sp³-hybridized carbons (Fsp3) is 0.154. The van der Waals surface area contributed by atoms with Crippen LogP contribution in [0.1, 0.15) is 19.3 Å². The van der Waals surface area contributed by atoms with Gasteiger partial charge in [0.05, 0.1) is 21.2 Å². The molecule has 7 heteroatoms. The Balaban J connectivity index is 1.52. The maximum atomic E-state index is 13.3. The van der Waals surface area contributed by atoms with E-state index in [-0.39, 0.29) is 10.6 Å². The molecule has 0 amide bonds. The molecule has 0 atom stereocenters. The molecule has 1 aliphatic carbocycles. The highest BCUT2D eigenvalue weighted by molar-refractivity contribution is 7.99. The first kappa shape index (κ1) is 21.7. The standard InChI is InChI=1S/C26H23NO4S2/c28-24(18-8-5-9-18)16-32-25-15-23(21-10-3-4-11-22(21)26(25)29)27-33(30,31)20-13-12-17-6-1-2-7-19(17)14-20/h1-4,6-7,10-15,27-29H,5,8-9,16H2. The molecule has 0 heterocycles. The predicted molar refractivity (Wildman–Crippen MR) is 135 cm³/mol. The number of phenols is 1. The van der Waals surface area contributed by atoms with Gasteiger partial charge in [-0.15, -0.1) is 11.8 Å². The summed E-state index contributed by atoms with van der Waals surface area (Å²) in [6, 6.07) is 21.4. The first-order chi connectivity index (χ1) is 15.9. The average Bonchev–Trinajstić information content (AvgIpc) is 2.78. The molecule has 0 aliphatic heterocycles. The number of rotatable bonds is 6. The van der Waals surface area contributed by atoms with Crippen LogP contribution in [-0.2, 0) is 10.0 Å². The molecule has 4 aromatic rings. The number of nitrogens with one attached hydrogen (secondary N) is 1. The SMILES string of the molecule is O=S(=O)(Nc1cc(SCC(O)=C2CCC2)c(O)c2ccccc12)c1ccc2ccccc2c1. The summed E-state index contributed by atoms with van der Waals surface area (Å²) in [4.78, 5) is 0.677. The lowest BCUT2D eigenvalue weighted by molar-refractivity contribution is 0.392. The van der Waals surface area contributed by atoms with Gasteiger partial charge in [-0.25, -0.2) is 8.42 Å². The molecule has 33 heavy (non-hydrogen) atoms. The van der Waals surface area contributed by atoms with Crippen molar-refractivity contribution in [2.75, 3.05) is 10.5 Å². The molecule has 1 saturated carbocycles. The molecule has 1 fully saturated rings. The third-order valence-electron chi connectivity index (χ3n) is 5.99. The molecule has 5 rings (SSSR count). The number of allylic oxidation sites excluding steroid dienone is 1. The van der Waals surface area contributed by atoms with Crippen molar-refractivity contribution >= 4 is 49.0 Å². The smallest absolute Gasteiger partial charge is 0.261 e. The van der Waals surface area contributed by atoms with Gasteiger partial charge in [0.1, 0.15) is 11.5 Å². The second kappa shape index (κ2) is 8.65. The van der Waals surface area contributed by atoms with E-state index in [1.807, 2.05) is 24.3 Å². The van der Waals surface area contributed by atoms with Gasteiger partial charge in [-0.05, 0) is 53.8 Å². The highest BCUT2D eigenvalue weighted by atomic mass is 32.2. The normalized spacial score (nSPS) is 13.8. The zero-order valence-electron chi connectivity index (χ0n) is 17.8. The number of aromatic hydroxyl groups is 1. The van der Waals surface area contributed by atoms with Crippen LogP contribution >= 0.6 is 11.8 Å². The molecule has 5 nitrogen and oxygen atoms in total. The fourth-order valence-corrected chi connectivity index (χ4v) is 6.01. The van der Waals surface area contributed by atoms with Crippen LogP contribution in [0.3, 0.4) is 0 Å². The number of thioether (sulfide) groups is 1. The molecule has 0 bridgehead atoms. The van der Waals surface area contributed by atoms with E-state index in [2.05, 4.69) is 4.72 Å². The summed E-state index contributed by atoms with van der Waals surface area (Å²) >= 11 is 1.29. The van der Waals surface area contributed by atoms with Crippen LogP contribution in [0.15, 0.2) is 93.9 Å². The summed E-state index contributed by atoms with van der Waals surface area (Å²) in [5, 5.41) is 24.1. The van der Waals surface area contributed by atoms with Crippen molar-refractivity contribution in [3.63, 3.8) is 0 Å². The van der Waals surface area contributed by atoms with Gasteiger partial charge in [0, 0.05) is 10.8 Å². The number of aliphatic hydroxyl groups is 1. The topological polar surface area (TPSA) is 86.6 Å². The lowest BCUT2D eigenvalue weighted by Crippen LogP contribution is -2.13. The summed E-state index contributed by atoms with van der Waals surface area (Å²) in [6.07, 6.45) is 2.91. The van der Waals surface area contributed by atoms with Gasteiger partial charge in [-0.1, -0.05) is 54.6 Å². The highest BCUT2D eigenvalue weighted by Gasteiger charge is 2.20. The summed E-state index contributed by atoms with van der Waals surface area (Å²) in [6.45, 7) is 0. The Morgan fingerprint density at radius 1 is 0.909 bits per heavy atom. The number of anilines is 1. The minimum Gasteiger partial charge on any atom is -0.511 e. The summed E-state index contributed by atoms with van der Waals surface area (Å²) in [5.74, 6) is 0.755. The summed E-state index contributed by atoms with van der Waals surface area (Å²) in [5.41, 5.74) is 1.44. The maximum absolute atomic E-state index is 13.3. The van der Waals surface area contributed by atoms with E-state index < -0.39 is 10.0 Å². The van der Waals surface area contributed by atoms with Crippen molar-refractivity contribution in [2.45, 2.75) is 29.1 Å². The van der Waals surface area contributed by atoms with Crippen molar-refractivity contribution in [3.05, 3.63) is 84.1 Å². The Morgan fingerprint density at radius 2 is 1.61 bits per heavy atom. The van der Waals surface area contributed by atoms with E-state index in [9.17, 15) is 18.6 Å². The zero-order chi connectivity index (χ0) is 23.0. The number of hydrogen-bond donors (Lipinski definition) is 3. The van der Waals surface area contributed by atoms with Crippen molar-refractivity contribution < 1.29 is 18.6 Å². The Morgan fingerprint density at radius 3 is 2.33 bits per heavy atom. The molecule has 0 aromatic heterocycles. The Bertz CT molecular complexity index is 1500. The number of aliphatic hydroxyl groups excluding tert-OH is 1. The molecule has 3 N–H and O–H groups in total. The van der Waals surface area contributed by atoms with Crippen molar-refractivity contribution in [2.24, 2.45) is 0 Å². The predicted octanol–water partition coefficient (Wildman–Crippen LogP) is 6.59. The van der Waals surface area contributed by atoms with E-state index in [1.165, 1.54) is 11.8 Å². The molecule has 0 saturated heterocycles. The van der Waals surface area contributed by atoms with Crippen LogP contribution in [0.25, 0.3) is 21.5 Å². The summed E-state index contributed by atoms with van der Waals surface area (Å²) in [7, 11) is -3.86. The molecule has 0 radical (unpaired) electrons. The van der Waals surface area contributed by atoms with E-state index >= 15 is 0 Å². The minimum atomic E-state index is -3.86. The molecule has 0 spiro atoms. The van der Waals surface area contributed by atoms with Crippen LogP contribution in [0.2, 0.25) is 0 Å². The number of benzene rings is 4. The van der Waals surface area contributed by atoms with Crippen molar-refractivity contribution in [1.29, 1.82) is 0 Å². The largest absolute Gasteiger partial charge is 0.511 e. The van der Waals surface area contributed by atoms with Gasteiger partial charge in [-0.2, -0.15) is 0 Å². The molecular formula is C26H23NO4S2. The fourth-order valence-electron chi connectivity index (χ4n) is 3.96.